The van der Waals surface area contributed by atoms with Gasteiger partial charge in [0.25, 0.3) is 0 Å². The summed E-state index contributed by atoms with van der Waals surface area (Å²) in [6.45, 7) is 2.17. The van der Waals surface area contributed by atoms with Crippen LogP contribution in [0.5, 0.6) is 0 Å². The smallest absolute Gasteiger partial charge is 0.137 e. The van der Waals surface area contributed by atoms with Crippen LogP contribution in [0.2, 0.25) is 0 Å². The Morgan fingerprint density at radius 3 is 3.07 bits per heavy atom. The van der Waals surface area contributed by atoms with Crippen LogP contribution in [-0.4, -0.2) is 9.97 Å². The number of H-pyrrole nitrogens is 1. The second-order valence-electron chi connectivity index (χ2n) is 4.14. The third-order valence-electron chi connectivity index (χ3n) is 3.20. The molecule has 0 saturated heterocycles. The van der Waals surface area contributed by atoms with Crippen molar-refractivity contribution in [3.63, 3.8) is 0 Å². The fourth-order valence-corrected chi connectivity index (χ4v) is 2.50. The minimum atomic E-state index is 1.08. The molecule has 0 saturated carbocycles. The highest BCUT2D eigenvalue weighted by Gasteiger charge is 2.16. The van der Waals surface area contributed by atoms with Crippen LogP contribution in [0.25, 0.3) is 11.0 Å². The Kier molecular flexibility index (Phi) is 1.63. The molecule has 0 spiro atoms. The second-order valence-corrected chi connectivity index (χ2v) is 4.14. The summed E-state index contributed by atoms with van der Waals surface area (Å²) in [6, 6.07) is 2.10. The molecular weight excluding hydrogens is 172 g/mol. The molecule has 0 amide bonds. The molecular formula is C12H14N2. The maximum atomic E-state index is 4.39. The molecule has 2 nitrogen and oxygen atoms in total. The molecule has 3 rings (SSSR count). The highest BCUT2D eigenvalue weighted by molar-refractivity contribution is 5.84. The van der Waals surface area contributed by atoms with E-state index in [-0.39, 0.29) is 0 Å². The topological polar surface area (TPSA) is 28.7 Å². The van der Waals surface area contributed by atoms with Crippen molar-refractivity contribution < 1.29 is 0 Å². The molecule has 2 heterocycles. The van der Waals surface area contributed by atoms with Crippen molar-refractivity contribution in [3.05, 3.63) is 29.1 Å². The monoisotopic (exact) mass is 186 g/mol. The summed E-state index contributed by atoms with van der Waals surface area (Å²) >= 11 is 0. The number of fused-ring (bicyclic) bond motifs is 3. The van der Waals surface area contributed by atoms with Gasteiger partial charge in [0, 0.05) is 17.3 Å². The zero-order chi connectivity index (χ0) is 9.54. The molecule has 0 radical (unpaired) electrons. The molecule has 0 atom stereocenters. The van der Waals surface area contributed by atoms with E-state index in [1.807, 2.05) is 6.20 Å². The summed E-state index contributed by atoms with van der Waals surface area (Å²) in [5, 5.41) is 1.38. The molecule has 0 aromatic carbocycles. The van der Waals surface area contributed by atoms with Crippen molar-refractivity contribution in [2.45, 2.75) is 32.6 Å². The first-order chi connectivity index (χ1) is 6.86. The summed E-state index contributed by atoms with van der Waals surface area (Å²) < 4.78 is 0. The van der Waals surface area contributed by atoms with Gasteiger partial charge in [-0.05, 0) is 49.8 Å². The van der Waals surface area contributed by atoms with Gasteiger partial charge in [-0.15, -0.1) is 0 Å². The molecule has 0 fully saturated rings. The third kappa shape index (κ3) is 0.999. The second kappa shape index (κ2) is 2.84. The number of hydrogen-bond acceptors (Lipinski definition) is 1. The molecule has 1 aliphatic rings. The maximum absolute atomic E-state index is 4.39. The van der Waals surface area contributed by atoms with E-state index in [0.29, 0.717) is 0 Å². The number of nitrogens with zero attached hydrogens (tertiary/aromatic N) is 1. The van der Waals surface area contributed by atoms with Crippen LogP contribution in [0.1, 0.15) is 29.7 Å². The highest BCUT2D eigenvalue weighted by atomic mass is 14.9. The summed E-state index contributed by atoms with van der Waals surface area (Å²) in [7, 11) is 0. The number of nitrogens with one attached hydrogen (secondary N) is 1. The lowest BCUT2D eigenvalue weighted by Crippen LogP contribution is -2.00. The Morgan fingerprint density at radius 2 is 2.14 bits per heavy atom. The standard InChI is InChI=1S/C12H14N2/c1-8-6-7-13-12-11(8)9-4-2-3-5-10(9)14-12/h6-7H,2-5H2,1H3,(H,13,14). The predicted molar refractivity (Wildman–Crippen MR) is 57.5 cm³/mol. The largest absolute Gasteiger partial charge is 0.343 e. The summed E-state index contributed by atoms with van der Waals surface area (Å²) in [5.41, 5.74) is 5.39. The van der Waals surface area contributed by atoms with E-state index in [1.165, 1.54) is 47.9 Å². The molecule has 2 heteroatoms. The van der Waals surface area contributed by atoms with Gasteiger partial charge in [0.05, 0.1) is 0 Å². The fourth-order valence-electron chi connectivity index (χ4n) is 2.50. The van der Waals surface area contributed by atoms with Gasteiger partial charge in [-0.25, -0.2) is 4.98 Å². The van der Waals surface area contributed by atoms with Crippen LogP contribution in [-0.2, 0) is 12.8 Å². The van der Waals surface area contributed by atoms with Gasteiger partial charge in [0.1, 0.15) is 5.65 Å². The van der Waals surface area contributed by atoms with E-state index >= 15 is 0 Å². The zero-order valence-electron chi connectivity index (χ0n) is 8.43. The van der Waals surface area contributed by atoms with Gasteiger partial charge in [-0.3, -0.25) is 0 Å². The average molecular weight is 186 g/mol. The molecule has 0 aliphatic heterocycles. The van der Waals surface area contributed by atoms with Gasteiger partial charge < -0.3 is 4.98 Å². The summed E-state index contributed by atoms with van der Waals surface area (Å²) in [5.74, 6) is 0. The Bertz CT molecular complexity index is 482. The van der Waals surface area contributed by atoms with Crippen LogP contribution in [0.4, 0.5) is 0 Å². The Hall–Kier alpha value is -1.31. The van der Waals surface area contributed by atoms with Gasteiger partial charge >= 0.3 is 0 Å². The van der Waals surface area contributed by atoms with Gasteiger partial charge in [-0.2, -0.15) is 0 Å². The van der Waals surface area contributed by atoms with E-state index in [2.05, 4.69) is 23.0 Å². The number of hydrogen-bond donors (Lipinski definition) is 1. The van der Waals surface area contributed by atoms with E-state index < -0.39 is 0 Å². The first kappa shape index (κ1) is 8.04. The fraction of sp³-hybridized carbons (Fsp3) is 0.417. The van der Waals surface area contributed by atoms with Crippen LogP contribution < -0.4 is 0 Å². The van der Waals surface area contributed by atoms with Crippen molar-refractivity contribution in [3.8, 4) is 0 Å². The molecule has 14 heavy (non-hydrogen) atoms. The van der Waals surface area contributed by atoms with E-state index in [0.717, 1.165) is 5.65 Å². The van der Waals surface area contributed by atoms with Gasteiger partial charge in [0.2, 0.25) is 0 Å². The number of aryl methyl sites for hydroxylation is 3. The lowest BCUT2D eigenvalue weighted by atomic mass is 9.95. The number of pyridine rings is 1. The van der Waals surface area contributed by atoms with E-state index in [9.17, 15) is 0 Å². The van der Waals surface area contributed by atoms with Gasteiger partial charge in [-0.1, -0.05) is 0 Å². The predicted octanol–water partition coefficient (Wildman–Crippen LogP) is 2.75. The third-order valence-corrected chi connectivity index (χ3v) is 3.20. The van der Waals surface area contributed by atoms with Crippen molar-refractivity contribution >= 4 is 11.0 Å². The van der Waals surface area contributed by atoms with E-state index in [1.54, 1.807) is 0 Å². The normalized spacial score (nSPS) is 15.8. The first-order valence-electron chi connectivity index (χ1n) is 5.31. The molecule has 1 aliphatic carbocycles. The van der Waals surface area contributed by atoms with E-state index in [4.69, 9.17) is 0 Å². The molecule has 0 bridgehead atoms. The van der Waals surface area contributed by atoms with Crippen LogP contribution >= 0.6 is 0 Å². The van der Waals surface area contributed by atoms with Crippen LogP contribution in [0.3, 0.4) is 0 Å². The number of aromatic nitrogens is 2. The van der Waals surface area contributed by atoms with Crippen molar-refractivity contribution in [1.29, 1.82) is 0 Å². The maximum Gasteiger partial charge on any atom is 0.137 e. The molecule has 2 aromatic heterocycles. The molecule has 0 unspecified atom stereocenters. The minimum Gasteiger partial charge on any atom is -0.343 e. The first-order valence-corrected chi connectivity index (χ1v) is 5.31. The lowest BCUT2D eigenvalue weighted by molar-refractivity contribution is 0.679. The van der Waals surface area contributed by atoms with Crippen molar-refractivity contribution in [2.75, 3.05) is 0 Å². The Balaban J connectivity index is 2.38. The summed E-state index contributed by atoms with van der Waals surface area (Å²) in [6.07, 6.45) is 6.96. The SMILES string of the molecule is Cc1ccnc2[nH]c3c(c12)CCCC3. The minimum absolute atomic E-state index is 1.08. The van der Waals surface area contributed by atoms with Crippen molar-refractivity contribution in [1.82, 2.24) is 9.97 Å². The Labute approximate surface area is 83.4 Å². The molecule has 72 valence electrons. The Morgan fingerprint density at radius 1 is 1.29 bits per heavy atom. The lowest BCUT2D eigenvalue weighted by Gasteiger charge is -2.10. The van der Waals surface area contributed by atoms with Gasteiger partial charge in [0.15, 0.2) is 0 Å². The molecule has 1 N–H and O–H groups in total. The average Bonchev–Trinajstić information content (AvgIpc) is 2.57. The molecule has 2 aromatic rings. The highest BCUT2D eigenvalue weighted by Crippen LogP contribution is 2.29. The quantitative estimate of drug-likeness (QED) is 0.673. The van der Waals surface area contributed by atoms with Crippen LogP contribution in [0.15, 0.2) is 12.3 Å². The number of rotatable bonds is 0. The van der Waals surface area contributed by atoms with Crippen LogP contribution in [0, 0.1) is 6.92 Å². The number of aromatic amines is 1. The summed E-state index contributed by atoms with van der Waals surface area (Å²) in [4.78, 5) is 7.84. The van der Waals surface area contributed by atoms with Crippen molar-refractivity contribution in [2.24, 2.45) is 0 Å². The zero-order valence-corrected chi connectivity index (χ0v) is 8.43.